The largest absolute Gasteiger partial charge is 0.497 e. The van der Waals surface area contributed by atoms with Crippen molar-refractivity contribution in [2.45, 2.75) is 71.9 Å². The van der Waals surface area contributed by atoms with Gasteiger partial charge in [0.2, 0.25) is 17.6 Å². The summed E-state index contributed by atoms with van der Waals surface area (Å²) in [5, 5.41) is 13.1. The normalized spacial score (nSPS) is 12.5. The van der Waals surface area contributed by atoms with Gasteiger partial charge in [-0.3, -0.25) is 24.3 Å². The van der Waals surface area contributed by atoms with Crippen LogP contribution in [0.4, 0.5) is 10.5 Å². The first-order chi connectivity index (χ1) is 19.6. The Kier molecular flexibility index (Phi) is 9.54. The minimum atomic E-state index is -1.02. The molecule has 13 nitrogen and oxygen atoms in total. The Morgan fingerprint density at radius 2 is 1.67 bits per heavy atom. The molecule has 226 valence electrons. The standard InChI is InChI=1S/C29H38N6O7/c1-16(2)21(22(37)23-33-34-26(42-23)29(6,7)17-10-12-18(40-8)13-11-17)32-20(36)15-35-24(38)19(31-27(39)41-9)14-30-25(35)28(3,4)5/h10-14,16,21H,15H2,1-9H3,(H,31,39)(H,32,36)/t21-/m1/s1. The van der Waals surface area contributed by atoms with E-state index in [1.54, 1.807) is 21.0 Å². The molecule has 2 amide bonds. The van der Waals surface area contributed by atoms with E-state index in [9.17, 15) is 19.2 Å². The number of methoxy groups -OCH3 is 2. The van der Waals surface area contributed by atoms with Gasteiger partial charge >= 0.3 is 6.09 Å². The highest BCUT2D eigenvalue weighted by Gasteiger charge is 2.34. The van der Waals surface area contributed by atoms with Crippen molar-refractivity contribution in [2.24, 2.45) is 5.92 Å². The maximum atomic E-state index is 13.5. The Balaban J connectivity index is 1.86. The lowest BCUT2D eigenvalue weighted by Gasteiger charge is -2.24. The van der Waals surface area contributed by atoms with Gasteiger partial charge in [0.15, 0.2) is 0 Å². The predicted molar refractivity (Wildman–Crippen MR) is 154 cm³/mol. The van der Waals surface area contributed by atoms with Crippen LogP contribution in [-0.2, 0) is 26.9 Å². The molecular formula is C29H38N6O7. The SMILES string of the molecule is COC(=O)Nc1cnc(C(C)(C)C)n(CC(=O)N[C@@H](C(=O)c2nnc(C(C)(C)c3ccc(OC)cc3)o2)C(C)C)c1=O. The zero-order chi connectivity index (χ0) is 31.4. The lowest BCUT2D eigenvalue weighted by molar-refractivity contribution is -0.122. The second kappa shape index (κ2) is 12.5. The van der Waals surface area contributed by atoms with E-state index in [1.807, 2.05) is 58.9 Å². The molecule has 3 rings (SSSR count). The number of nitrogens with one attached hydrogen (secondary N) is 2. The predicted octanol–water partition coefficient (Wildman–Crippen LogP) is 3.46. The quantitative estimate of drug-likeness (QED) is 0.338. The van der Waals surface area contributed by atoms with Crippen LogP contribution in [0.25, 0.3) is 0 Å². The number of amides is 2. The molecule has 0 unspecified atom stereocenters. The monoisotopic (exact) mass is 582 g/mol. The number of ketones is 1. The Morgan fingerprint density at radius 3 is 2.21 bits per heavy atom. The molecule has 2 heterocycles. The summed E-state index contributed by atoms with van der Waals surface area (Å²) < 4.78 is 16.8. The third-order valence-electron chi connectivity index (χ3n) is 6.69. The number of aromatic nitrogens is 4. The van der Waals surface area contributed by atoms with Gasteiger partial charge < -0.3 is 19.2 Å². The number of benzene rings is 1. The van der Waals surface area contributed by atoms with E-state index in [-0.39, 0.29) is 23.4 Å². The molecule has 0 saturated heterocycles. The van der Waals surface area contributed by atoms with Crippen LogP contribution in [0.1, 0.15) is 76.4 Å². The van der Waals surface area contributed by atoms with Crippen molar-refractivity contribution in [1.82, 2.24) is 25.1 Å². The van der Waals surface area contributed by atoms with Gasteiger partial charge in [0.1, 0.15) is 23.8 Å². The van der Waals surface area contributed by atoms with Crippen molar-refractivity contribution in [3.8, 4) is 5.75 Å². The second-order valence-electron chi connectivity index (χ2n) is 11.7. The van der Waals surface area contributed by atoms with E-state index in [0.29, 0.717) is 11.6 Å². The topological polar surface area (TPSA) is 168 Å². The first-order valence-corrected chi connectivity index (χ1v) is 13.4. The highest BCUT2D eigenvalue weighted by Crippen LogP contribution is 2.32. The van der Waals surface area contributed by atoms with Crippen LogP contribution in [0.5, 0.6) is 5.75 Å². The summed E-state index contributed by atoms with van der Waals surface area (Å²) in [5.41, 5.74) is -1.26. The molecule has 0 aliphatic rings. The van der Waals surface area contributed by atoms with Gasteiger partial charge in [-0.1, -0.05) is 46.8 Å². The molecule has 2 aromatic heterocycles. The van der Waals surface area contributed by atoms with Crippen molar-refractivity contribution in [2.75, 3.05) is 19.5 Å². The van der Waals surface area contributed by atoms with Gasteiger partial charge in [-0.2, -0.15) is 0 Å². The fourth-order valence-electron chi connectivity index (χ4n) is 4.22. The molecule has 0 fully saturated rings. The number of anilines is 1. The molecule has 13 heteroatoms. The van der Waals surface area contributed by atoms with E-state index >= 15 is 0 Å². The van der Waals surface area contributed by atoms with Gasteiger partial charge in [0, 0.05) is 5.41 Å². The van der Waals surface area contributed by atoms with Gasteiger partial charge in [0.25, 0.3) is 11.4 Å². The van der Waals surface area contributed by atoms with Gasteiger partial charge in [-0.05, 0) is 37.5 Å². The number of ether oxygens (including phenoxy) is 2. The van der Waals surface area contributed by atoms with Crippen molar-refractivity contribution in [3.05, 3.63) is 64.0 Å². The molecule has 0 spiro atoms. The van der Waals surface area contributed by atoms with Crippen LogP contribution in [0.2, 0.25) is 0 Å². The van der Waals surface area contributed by atoms with Crippen molar-refractivity contribution in [1.29, 1.82) is 0 Å². The second-order valence-corrected chi connectivity index (χ2v) is 11.7. The first-order valence-electron chi connectivity index (χ1n) is 13.4. The molecule has 1 aromatic carbocycles. The summed E-state index contributed by atoms with van der Waals surface area (Å²) in [5.74, 6) is -0.541. The van der Waals surface area contributed by atoms with Crippen molar-refractivity contribution >= 4 is 23.5 Å². The third-order valence-corrected chi connectivity index (χ3v) is 6.69. The number of carbonyl (C=O) groups is 3. The van der Waals surface area contributed by atoms with Gasteiger partial charge in [0.05, 0.1) is 31.9 Å². The van der Waals surface area contributed by atoms with E-state index < -0.39 is 46.8 Å². The minimum Gasteiger partial charge on any atom is -0.497 e. The summed E-state index contributed by atoms with van der Waals surface area (Å²) in [6.45, 7) is 12.3. The minimum absolute atomic E-state index is 0.156. The maximum absolute atomic E-state index is 13.5. The maximum Gasteiger partial charge on any atom is 0.411 e. The van der Waals surface area contributed by atoms with E-state index in [0.717, 1.165) is 17.2 Å². The summed E-state index contributed by atoms with van der Waals surface area (Å²) >= 11 is 0. The Hall–Kier alpha value is -4.55. The molecule has 2 N–H and O–H groups in total. The van der Waals surface area contributed by atoms with Crippen LogP contribution in [0, 0.1) is 5.92 Å². The summed E-state index contributed by atoms with van der Waals surface area (Å²) in [6, 6.07) is 6.36. The van der Waals surface area contributed by atoms with Crippen molar-refractivity contribution in [3.63, 3.8) is 0 Å². The smallest absolute Gasteiger partial charge is 0.411 e. The summed E-state index contributed by atoms with van der Waals surface area (Å²) in [7, 11) is 2.74. The lowest BCUT2D eigenvalue weighted by atomic mass is 9.84. The first kappa shape index (κ1) is 32.0. The summed E-state index contributed by atoms with van der Waals surface area (Å²) in [6.07, 6.45) is 0.364. The lowest BCUT2D eigenvalue weighted by Crippen LogP contribution is -2.47. The molecular weight excluding hydrogens is 544 g/mol. The highest BCUT2D eigenvalue weighted by atomic mass is 16.5. The van der Waals surface area contributed by atoms with Crippen LogP contribution in [-0.4, -0.2) is 57.8 Å². The number of hydrogen-bond donors (Lipinski definition) is 2. The number of hydrogen-bond acceptors (Lipinski definition) is 10. The average molecular weight is 583 g/mol. The van der Waals surface area contributed by atoms with Gasteiger partial charge in [-0.15, -0.1) is 10.2 Å². The highest BCUT2D eigenvalue weighted by molar-refractivity contribution is 5.98. The van der Waals surface area contributed by atoms with Crippen LogP contribution in [0.3, 0.4) is 0 Å². The molecule has 0 aliphatic heterocycles. The number of rotatable bonds is 10. The average Bonchev–Trinajstić information content (AvgIpc) is 3.44. The Labute approximate surface area is 244 Å². The zero-order valence-corrected chi connectivity index (χ0v) is 25.4. The Bertz CT molecular complexity index is 1500. The molecule has 0 bridgehead atoms. The zero-order valence-electron chi connectivity index (χ0n) is 25.4. The van der Waals surface area contributed by atoms with Crippen LogP contribution >= 0.6 is 0 Å². The van der Waals surface area contributed by atoms with Crippen molar-refractivity contribution < 1.29 is 28.3 Å². The van der Waals surface area contributed by atoms with E-state index in [1.165, 1.54) is 6.20 Å². The molecule has 0 saturated carbocycles. The van der Waals surface area contributed by atoms with Gasteiger partial charge in [-0.25, -0.2) is 9.78 Å². The fourth-order valence-corrected chi connectivity index (χ4v) is 4.22. The van der Waals surface area contributed by atoms with E-state index in [2.05, 4.69) is 30.6 Å². The molecule has 42 heavy (non-hydrogen) atoms. The summed E-state index contributed by atoms with van der Waals surface area (Å²) in [4.78, 5) is 55.9. The molecule has 1 atom stereocenters. The third kappa shape index (κ3) is 7.01. The Morgan fingerprint density at radius 1 is 1.02 bits per heavy atom. The molecule has 3 aromatic rings. The van der Waals surface area contributed by atoms with Crippen LogP contribution < -0.4 is 20.9 Å². The van der Waals surface area contributed by atoms with Crippen LogP contribution in [0.15, 0.2) is 39.7 Å². The molecule has 0 aliphatic carbocycles. The van der Waals surface area contributed by atoms with E-state index in [4.69, 9.17) is 9.15 Å². The fraction of sp³-hybridized carbons (Fsp3) is 0.483. The number of nitrogens with zero attached hydrogens (tertiary/aromatic N) is 4. The number of carbonyl (C=O) groups excluding carboxylic acids is 3. The number of Topliss-reactive ketones (excluding diaryl/α,β-unsaturated/α-hetero) is 1. The molecule has 0 radical (unpaired) electrons.